The molecule has 1 aliphatic rings. The number of hydrogen-bond acceptors (Lipinski definition) is 3. The molecule has 1 fully saturated rings. The fourth-order valence-corrected chi connectivity index (χ4v) is 5.73. The summed E-state index contributed by atoms with van der Waals surface area (Å²) in [7, 11) is -3.44. The van der Waals surface area contributed by atoms with Crippen molar-refractivity contribution in [3.63, 3.8) is 0 Å². The molecule has 1 aliphatic heterocycles. The summed E-state index contributed by atoms with van der Waals surface area (Å²) in [5, 5.41) is 2.89. The molecule has 0 radical (unpaired) electrons. The second kappa shape index (κ2) is 14.7. The molecular weight excluding hydrogens is 420 g/mol. The van der Waals surface area contributed by atoms with Crippen LogP contribution in [0.15, 0.2) is 29.2 Å². The minimum atomic E-state index is -3.44. The van der Waals surface area contributed by atoms with Crippen molar-refractivity contribution < 1.29 is 13.2 Å². The Morgan fingerprint density at radius 3 is 1.91 bits per heavy atom. The second-order valence-electron chi connectivity index (χ2n) is 9.44. The Morgan fingerprint density at radius 2 is 1.38 bits per heavy atom. The van der Waals surface area contributed by atoms with Gasteiger partial charge in [-0.2, -0.15) is 4.31 Å². The minimum absolute atomic E-state index is 0.00143. The van der Waals surface area contributed by atoms with Crippen LogP contribution >= 0.6 is 0 Å². The third-order valence-electron chi connectivity index (χ3n) is 6.53. The van der Waals surface area contributed by atoms with E-state index < -0.39 is 10.0 Å². The van der Waals surface area contributed by atoms with Crippen molar-refractivity contribution >= 4 is 21.6 Å². The zero-order chi connectivity index (χ0) is 23.2. The SMILES string of the molecule is CCCCCCCCCCCCCC(=O)Nc1ccc(S(=O)(=O)N2CCC(C)CC2)cc1. The monoisotopic (exact) mass is 464 g/mol. The van der Waals surface area contributed by atoms with Crippen LogP contribution in [0.3, 0.4) is 0 Å². The normalized spacial score (nSPS) is 15.7. The predicted molar refractivity (Wildman–Crippen MR) is 133 cm³/mol. The molecule has 0 aliphatic carbocycles. The van der Waals surface area contributed by atoms with Gasteiger partial charge in [-0.15, -0.1) is 0 Å². The lowest BCUT2D eigenvalue weighted by atomic mass is 10.0. The Morgan fingerprint density at radius 1 is 0.875 bits per heavy atom. The van der Waals surface area contributed by atoms with Crippen LogP contribution < -0.4 is 5.32 Å². The van der Waals surface area contributed by atoms with E-state index in [9.17, 15) is 13.2 Å². The first-order chi connectivity index (χ1) is 15.4. The molecule has 0 aromatic heterocycles. The van der Waals surface area contributed by atoms with Crippen molar-refractivity contribution in [2.24, 2.45) is 5.92 Å². The summed E-state index contributed by atoms with van der Waals surface area (Å²) in [6.07, 6.45) is 16.2. The number of carbonyl (C=O) groups excluding carboxylic acids is 1. The molecule has 6 heteroatoms. The Balaban J connectivity index is 1.60. The van der Waals surface area contributed by atoms with Crippen molar-refractivity contribution in [3.05, 3.63) is 24.3 Å². The van der Waals surface area contributed by atoms with Crippen LogP contribution in [-0.2, 0) is 14.8 Å². The number of anilines is 1. The number of hydrogen-bond donors (Lipinski definition) is 1. The molecule has 0 spiro atoms. The molecule has 0 unspecified atom stereocenters. The van der Waals surface area contributed by atoms with Gasteiger partial charge < -0.3 is 5.32 Å². The molecule has 1 N–H and O–H groups in total. The highest BCUT2D eigenvalue weighted by Gasteiger charge is 2.27. The molecule has 0 saturated carbocycles. The number of piperidine rings is 1. The third-order valence-corrected chi connectivity index (χ3v) is 8.44. The van der Waals surface area contributed by atoms with E-state index in [1.807, 2.05) is 0 Å². The number of benzene rings is 1. The Labute approximate surface area is 196 Å². The molecule has 1 heterocycles. The van der Waals surface area contributed by atoms with E-state index in [0.29, 0.717) is 36.0 Å². The standard InChI is InChI=1S/C26H44N2O3S/c1-3-4-5-6-7-8-9-10-11-12-13-14-26(29)27-24-15-17-25(18-16-24)32(30,31)28-21-19-23(2)20-22-28/h15-18,23H,3-14,19-22H2,1-2H3,(H,27,29). The average Bonchev–Trinajstić information content (AvgIpc) is 2.78. The van der Waals surface area contributed by atoms with Crippen molar-refractivity contribution in [2.75, 3.05) is 18.4 Å². The molecule has 5 nitrogen and oxygen atoms in total. The summed E-state index contributed by atoms with van der Waals surface area (Å²) in [5.74, 6) is 0.584. The topological polar surface area (TPSA) is 66.5 Å². The summed E-state index contributed by atoms with van der Waals surface area (Å²) < 4.78 is 27.2. The van der Waals surface area contributed by atoms with Crippen LogP contribution in [0.1, 0.15) is 104 Å². The number of sulfonamides is 1. The van der Waals surface area contributed by atoms with Gasteiger partial charge in [-0.25, -0.2) is 8.42 Å². The lowest BCUT2D eigenvalue weighted by Gasteiger charge is -2.29. The van der Waals surface area contributed by atoms with Crippen LogP contribution in [0.25, 0.3) is 0 Å². The van der Waals surface area contributed by atoms with Gasteiger partial charge in [0.15, 0.2) is 0 Å². The van der Waals surface area contributed by atoms with Crippen LogP contribution in [0.4, 0.5) is 5.69 Å². The molecule has 2 rings (SSSR count). The highest BCUT2D eigenvalue weighted by Crippen LogP contribution is 2.24. The van der Waals surface area contributed by atoms with Gasteiger partial charge >= 0.3 is 0 Å². The summed E-state index contributed by atoms with van der Waals surface area (Å²) >= 11 is 0. The minimum Gasteiger partial charge on any atom is -0.326 e. The van der Waals surface area contributed by atoms with Gasteiger partial charge in [0.2, 0.25) is 15.9 Å². The quantitative estimate of drug-likeness (QED) is 0.292. The average molecular weight is 465 g/mol. The van der Waals surface area contributed by atoms with Crippen LogP contribution in [0, 0.1) is 5.92 Å². The first-order valence-electron chi connectivity index (χ1n) is 12.8. The van der Waals surface area contributed by atoms with Crippen molar-refractivity contribution in [3.8, 4) is 0 Å². The first-order valence-corrected chi connectivity index (χ1v) is 14.3. The number of amides is 1. The Hall–Kier alpha value is -1.40. The maximum Gasteiger partial charge on any atom is 0.243 e. The highest BCUT2D eigenvalue weighted by molar-refractivity contribution is 7.89. The molecule has 32 heavy (non-hydrogen) atoms. The lowest BCUT2D eigenvalue weighted by Crippen LogP contribution is -2.37. The highest BCUT2D eigenvalue weighted by atomic mass is 32.2. The maximum atomic E-state index is 12.8. The molecule has 0 bridgehead atoms. The predicted octanol–water partition coefficient (Wildman–Crippen LogP) is 6.75. The van der Waals surface area contributed by atoms with Crippen molar-refractivity contribution in [1.82, 2.24) is 4.31 Å². The van der Waals surface area contributed by atoms with Gasteiger partial charge in [0, 0.05) is 25.2 Å². The number of nitrogens with one attached hydrogen (secondary N) is 1. The fraction of sp³-hybridized carbons (Fsp3) is 0.731. The first kappa shape index (κ1) is 26.8. The largest absolute Gasteiger partial charge is 0.326 e. The second-order valence-corrected chi connectivity index (χ2v) is 11.4. The summed E-state index contributed by atoms with van der Waals surface area (Å²) in [4.78, 5) is 12.5. The molecule has 1 saturated heterocycles. The van der Waals surface area contributed by atoms with E-state index in [-0.39, 0.29) is 5.91 Å². The van der Waals surface area contributed by atoms with Gasteiger partial charge in [0.1, 0.15) is 0 Å². The van der Waals surface area contributed by atoms with Gasteiger partial charge in [-0.1, -0.05) is 78.1 Å². The van der Waals surface area contributed by atoms with E-state index in [1.54, 1.807) is 28.6 Å². The molecule has 1 amide bonds. The molecule has 182 valence electrons. The number of rotatable bonds is 15. The summed E-state index contributed by atoms with van der Waals surface area (Å²) in [6.45, 7) is 5.58. The van der Waals surface area contributed by atoms with E-state index in [0.717, 1.165) is 25.7 Å². The van der Waals surface area contributed by atoms with Crippen molar-refractivity contribution in [2.45, 2.75) is 109 Å². The van der Waals surface area contributed by atoms with E-state index in [4.69, 9.17) is 0 Å². The maximum absolute atomic E-state index is 12.8. The molecule has 0 atom stereocenters. The lowest BCUT2D eigenvalue weighted by molar-refractivity contribution is -0.116. The third kappa shape index (κ3) is 9.62. The van der Waals surface area contributed by atoms with Gasteiger partial charge in [-0.05, 0) is 49.4 Å². The van der Waals surface area contributed by atoms with E-state index in [1.165, 1.54) is 57.8 Å². The van der Waals surface area contributed by atoms with Crippen molar-refractivity contribution in [1.29, 1.82) is 0 Å². The zero-order valence-corrected chi connectivity index (χ0v) is 21.1. The molecule has 1 aromatic carbocycles. The van der Waals surface area contributed by atoms with Gasteiger partial charge in [0.05, 0.1) is 4.90 Å². The molecule has 1 aromatic rings. The van der Waals surface area contributed by atoms with Crippen LogP contribution in [-0.4, -0.2) is 31.7 Å². The summed E-state index contributed by atoms with van der Waals surface area (Å²) in [5.41, 5.74) is 0.657. The van der Waals surface area contributed by atoms with E-state index in [2.05, 4.69) is 19.2 Å². The summed E-state index contributed by atoms with van der Waals surface area (Å²) in [6, 6.07) is 6.59. The van der Waals surface area contributed by atoms with Gasteiger partial charge in [0.25, 0.3) is 0 Å². The van der Waals surface area contributed by atoms with Crippen LogP contribution in [0.2, 0.25) is 0 Å². The number of nitrogens with zero attached hydrogens (tertiary/aromatic N) is 1. The fourth-order valence-electron chi connectivity index (χ4n) is 4.26. The van der Waals surface area contributed by atoms with E-state index >= 15 is 0 Å². The Bertz CT molecular complexity index is 754. The zero-order valence-electron chi connectivity index (χ0n) is 20.3. The number of carbonyl (C=O) groups is 1. The Kier molecular flexibility index (Phi) is 12.3. The smallest absolute Gasteiger partial charge is 0.243 e. The van der Waals surface area contributed by atoms with Gasteiger partial charge in [-0.3, -0.25) is 4.79 Å². The van der Waals surface area contributed by atoms with Crippen LogP contribution in [0.5, 0.6) is 0 Å². The molecular formula is C26H44N2O3S. The number of unbranched alkanes of at least 4 members (excludes halogenated alkanes) is 10.